The molecule has 0 radical (unpaired) electrons. The molecule has 1 amide bonds. The van der Waals surface area contributed by atoms with Gasteiger partial charge in [0.15, 0.2) is 0 Å². The van der Waals surface area contributed by atoms with Gasteiger partial charge in [0.2, 0.25) is 5.91 Å². The molecule has 1 N–H and O–H groups in total. The molecular formula is C10H15NO. The first-order valence-corrected chi connectivity index (χ1v) is 4.61. The van der Waals surface area contributed by atoms with E-state index in [-0.39, 0.29) is 5.91 Å². The van der Waals surface area contributed by atoms with Gasteiger partial charge in [-0.15, -0.1) is 0 Å². The molecule has 0 aromatic heterocycles. The molecule has 66 valence electrons. The Kier molecular flexibility index (Phi) is 1.71. The van der Waals surface area contributed by atoms with Gasteiger partial charge in [0.25, 0.3) is 0 Å². The van der Waals surface area contributed by atoms with Gasteiger partial charge in [-0.05, 0) is 32.6 Å². The number of amides is 1. The Labute approximate surface area is 73.0 Å². The van der Waals surface area contributed by atoms with E-state index in [0.717, 1.165) is 19.3 Å². The molecular weight excluding hydrogens is 150 g/mol. The molecule has 0 bridgehead atoms. The van der Waals surface area contributed by atoms with Crippen molar-refractivity contribution in [3.8, 4) is 0 Å². The zero-order valence-corrected chi connectivity index (χ0v) is 7.68. The minimum Gasteiger partial charge on any atom is -0.353 e. The van der Waals surface area contributed by atoms with Gasteiger partial charge in [-0.1, -0.05) is 11.1 Å². The molecule has 0 aromatic carbocycles. The number of allylic oxidation sites excluding steroid dienone is 1. The van der Waals surface area contributed by atoms with E-state index in [9.17, 15) is 4.79 Å². The van der Waals surface area contributed by atoms with Gasteiger partial charge >= 0.3 is 0 Å². The monoisotopic (exact) mass is 165 g/mol. The van der Waals surface area contributed by atoms with Crippen molar-refractivity contribution in [2.75, 3.05) is 0 Å². The minimum atomic E-state index is 0.243. The third kappa shape index (κ3) is 1.15. The van der Waals surface area contributed by atoms with Gasteiger partial charge in [-0.25, -0.2) is 0 Å². The highest BCUT2D eigenvalue weighted by molar-refractivity contribution is 5.79. The standard InChI is InChI=1S/C10H15NO/c1-6-3-8-5-10(12)11-9(8)4-7(6)2/h8-9H,3-5H2,1-2H3,(H,11,12)/t8-,9-/m1/s1. The topological polar surface area (TPSA) is 29.1 Å². The van der Waals surface area contributed by atoms with Crippen LogP contribution in [0.25, 0.3) is 0 Å². The molecule has 2 nitrogen and oxygen atoms in total. The van der Waals surface area contributed by atoms with Crippen LogP contribution in [0.3, 0.4) is 0 Å². The summed E-state index contributed by atoms with van der Waals surface area (Å²) in [7, 11) is 0. The van der Waals surface area contributed by atoms with Crippen LogP contribution in [0.15, 0.2) is 11.1 Å². The van der Waals surface area contributed by atoms with E-state index in [0.29, 0.717) is 12.0 Å². The van der Waals surface area contributed by atoms with E-state index in [2.05, 4.69) is 19.2 Å². The van der Waals surface area contributed by atoms with E-state index in [4.69, 9.17) is 0 Å². The first-order valence-electron chi connectivity index (χ1n) is 4.61. The van der Waals surface area contributed by atoms with Gasteiger partial charge in [0.1, 0.15) is 0 Å². The number of carbonyl (C=O) groups excluding carboxylic acids is 1. The van der Waals surface area contributed by atoms with Gasteiger partial charge in [0, 0.05) is 12.5 Å². The number of hydrogen-bond donors (Lipinski definition) is 1. The van der Waals surface area contributed by atoms with Crippen molar-refractivity contribution >= 4 is 5.91 Å². The fourth-order valence-corrected chi connectivity index (χ4v) is 2.27. The molecule has 2 aliphatic rings. The Morgan fingerprint density at radius 1 is 1.17 bits per heavy atom. The summed E-state index contributed by atoms with van der Waals surface area (Å²) >= 11 is 0. The summed E-state index contributed by atoms with van der Waals surface area (Å²) in [6.07, 6.45) is 2.94. The van der Waals surface area contributed by atoms with Gasteiger partial charge < -0.3 is 5.32 Å². The Morgan fingerprint density at radius 2 is 1.83 bits per heavy atom. The molecule has 1 heterocycles. The quantitative estimate of drug-likeness (QED) is 0.543. The molecule has 2 heteroatoms. The van der Waals surface area contributed by atoms with Crippen LogP contribution in [-0.2, 0) is 4.79 Å². The van der Waals surface area contributed by atoms with Gasteiger partial charge in [0.05, 0.1) is 0 Å². The van der Waals surface area contributed by atoms with Crippen molar-refractivity contribution in [1.82, 2.24) is 5.32 Å². The molecule has 0 spiro atoms. The summed E-state index contributed by atoms with van der Waals surface area (Å²) in [4.78, 5) is 11.1. The molecule has 0 unspecified atom stereocenters. The second kappa shape index (κ2) is 2.61. The molecule has 12 heavy (non-hydrogen) atoms. The van der Waals surface area contributed by atoms with Crippen molar-refractivity contribution in [3.05, 3.63) is 11.1 Å². The summed E-state index contributed by atoms with van der Waals surface area (Å²) in [6, 6.07) is 0.446. The molecule has 1 saturated heterocycles. The second-order valence-electron chi connectivity index (χ2n) is 4.11. The number of fused-ring (bicyclic) bond motifs is 1. The van der Waals surface area contributed by atoms with Crippen LogP contribution in [0.5, 0.6) is 0 Å². The normalized spacial score (nSPS) is 35.0. The Morgan fingerprint density at radius 3 is 2.58 bits per heavy atom. The maximum atomic E-state index is 11.1. The van der Waals surface area contributed by atoms with Crippen LogP contribution in [-0.4, -0.2) is 11.9 Å². The minimum absolute atomic E-state index is 0.243. The maximum Gasteiger partial charge on any atom is 0.220 e. The fourth-order valence-electron chi connectivity index (χ4n) is 2.27. The number of hydrogen-bond acceptors (Lipinski definition) is 1. The van der Waals surface area contributed by atoms with E-state index in [1.54, 1.807) is 0 Å². The SMILES string of the molecule is CC1=C(C)C[C@H]2NC(=O)C[C@H]2C1. The van der Waals surface area contributed by atoms with Crippen LogP contribution < -0.4 is 5.32 Å². The molecule has 1 fully saturated rings. The molecule has 0 aromatic rings. The second-order valence-corrected chi connectivity index (χ2v) is 4.11. The summed E-state index contributed by atoms with van der Waals surface area (Å²) in [5.74, 6) is 0.827. The van der Waals surface area contributed by atoms with Gasteiger partial charge in [-0.2, -0.15) is 0 Å². The maximum absolute atomic E-state index is 11.1. The first-order chi connectivity index (χ1) is 5.66. The largest absolute Gasteiger partial charge is 0.353 e. The van der Waals surface area contributed by atoms with Crippen molar-refractivity contribution in [1.29, 1.82) is 0 Å². The Balaban J connectivity index is 2.17. The van der Waals surface area contributed by atoms with Crippen molar-refractivity contribution < 1.29 is 4.79 Å². The number of carbonyl (C=O) groups is 1. The average molecular weight is 165 g/mol. The summed E-state index contributed by atoms with van der Waals surface area (Å²) in [5.41, 5.74) is 2.96. The summed E-state index contributed by atoms with van der Waals surface area (Å²) in [6.45, 7) is 4.37. The van der Waals surface area contributed by atoms with Crippen molar-refractivity contribution in [3.63, 3.8) is 0 Å². The number of nitrogens with one attached hydrogen (secondary N) is 1. The fraction of sp³-hybridized carbons (Fsp3) is 0.700. The highest BCUT2D eigenvalue weighted by Gasteiger charge is 2.35. The molecule has 1 aliphatic carbocycles. The zero-order valence-electron chi connectivity index (χ0n) is 7.68. The van der Waals surface area contributed by atoms with Gasteiger partial charge in [-0.3, -0.25) is 4.79 Å². The van der Waals surface area contributed by atoms with Crippen LogP contribution in [0.1, 0.15) is 33.1 Å². The van der Waals surface area contributed by atoms with E-state index < -0.39 is 0 Å². The Hall–Kier alpha value is -0.790. The van der Waals surface area contributed by atoms with E-state index >= 15 is 0 Å². The average Bonchev–Trinajstić information content (AvgIpc) is 2.30. The molecule has 1 aliphatic heterocycles. The summed E-state index contributed by atoms with van der Waals surface area (Å²) < 4.78 is 0. The lowest BCUT2D eigenvalue weighted by molar-refractivity contribution is -0.119. The Bertz CT molecular complexity index is 231. The molecule has 2 rings (SSSR count). The van der Waals surface area contributed by atoms with Crippen LogP contribution >= 0.6 is 0 Å². The highest BCUT2D eigenvalue weighted by atomic mass is 16.2. The summed E-state index contributed by atoms with van der Waals surface area (Å²) in [5, 5.41) is 3.03. The molecule has 0 saturated carbocycles. The zero-order chi connectivity index (χ0) is 8.72. The van der Waals surface area contributed by atoms with Crippen molar-refractivity contribution in [2.45, 2.75) is 39.2 Å². The van der Waals surface area contributed by atoms with Crippen molar-refractivity contribution in [2.24, 2.45) is 5.92 Å². The van der Waals surface area contributed by atoms with Crippen LogP contribution in [0, 0.1) is 5.92 Å². The smallest absolute Gasteiger partial charge is 0.220 e. The predicted molar refractivity (Wildman–Crippen MR) is 47.6 cm³/mol. The lowest BCUT2D eigenvalue weighted by Gasteiger charge is -2.26. The molecule has 2 atom stereocenters. The van der Waals surface area contributed by atoms with Crippen LogP contribution in [0.2, 0.25) is 0 Å². The number of rotatable bonds is 0. The van der Waals surface area contributed by atoms with E-state index in [1.165, 1.54) is 11.1 Å². The highest BCUT2D eigenvalue weighted by Crippen LogP contribution is 2.34. The third-order valence-corrected chi connectivity index (χ3v) is 3.19. The lowest BCUT2D eigenvalue weighted by Crippen LogP contribution is -2.31. The third-order valence-electron chi connectivity index (χ3n) is 3.19. The lowest BCUT2D eigenvalue weighted by atomic mass is 9.82. The van der Waals surface area contributed by atoms with E-state index in [1.807, 2.05) is 0 Å². The predicted octanol–water partition coefficient (Wildman–Crippen LogP) is 1.62. The first kappa shape index (κ1) is 7.84. The van der Waals surface area contributed by atoms with Crippen LogP contribution in [0.4, 0.5) is 0 Å².